The van der Waals surface area contributed by atoms with E-state index in [9.17, 15) is 0 Å². The number of hydrogen-bond donors (Lipinski definition) is 1. The molecule has 0 atom stereocenters. The van der Waals surface area contributed by atoms with Gasteiger partial charge >= 0.3 is 0 Å². The summed E-state index contributed by atoms with van der Waals surface area (Å²) < 4.78 is 3.38. The maximum absolute atomic E-state index is 4.71. The van der Waals surface area contributed by atoms with E-state index in [0.717, 1.165) is 34.9 Å². The molecule has 0 amide bonds. The van der Waals surface area contributed by atoms with E-state index >= 15 is 0 Å². The van der Waals surface area contributed by atoms with E-state index in [2.05, 4.69) is 50.9 Å². The molecule has 0 aliphatic heterocycles. The number of halogens is 1. The van der Waals surface area contributed by atoms with Gasteiger partial charge in [0, 0.05) is 17.1 Å². The first kappa shape index (κ1) is 11.2. The summed E-state index contributed by atoms with van der Waals surface area (Å²) >= 11 is 3.50. The predicted octanol–water partition coefficient (Wildman–Crippen LogP) is 3.07. The zero-order valence-corrected chi connectivity index (χ0v) is 11.5. The minimum Gasteiger partial charge on any atom is -0.327 e. The van der Waals surface area contributed by atoms with Gasteiger partial charge in [0.1, 0.15) is 5.82 Å². The lowest BCUT2D eigenvalue weighted by atomic mass is 10.3. The van der Waals surface area contributed by atoms with E-state index in [1.165, 1.54) is 18.4 Å². The van der Waals surface area contributed by atoms with Crippen molar-refractivity contribution in [3.05, 3.63) is 28.5 Å². The highest BCUT2D eigenvalue weighted by molar-refractivity contribution is 9.10. The van der Waals surface area contributed by atoms with E-state index < -0.39 is 0 Å². The largest absolute Gasteiger partial charge is 0.327 e. The molecule has 1 saturated carbocycles. The monoisotopic (exact) mass is 293 g/mol. The van der Waals surface area contributed by atoms with Crippen LogP contribution in [0.4, 0.5) is 0 Å². The highest BCUT2D eigenvalue weighted by Gasteiger charge is 2.21. The predicted molar refractivity (Wildman–Crippen MR) is 73.0 cm³/mol. The normalized spacial score (nSPS) is 15.6. The van der Waals surface area contributed by atoms with Gasteiger partial charge in [-0.15, -0.1) is 0 Å². The SMILES string of the molecule is CCn1c(CNC2CC2)nc2cc(Br)ccc21. The van der Waals surface area contributed by atoms with Crippen LogP contribution >= 0.6 is 15.9 Å². The third kappa shape index (κ3) is 2.24. The first-order valence-electron chi connectivity index (χ1n) is 6.16. The number of hydrogen-bond acceptors (Lipinski definition) is 2. The summed E-state index contributed by atoms with van der Waals surface area (Å²) in [5.74, 6) is 1.15. The fraction of sp³-hybridized carbons (Fsp3) is 0.462. The third-order valence-corrected chi connectivity index (χ3v) is 3.73. The van der Waals surface area contributed by atoms with Crippen LogP contribution in [-0.2, 0) is 13.1 Å². The molecule has 0 saturated heterocycles. The van der Waals surface area contributed by atoms with E-state index in [0.29, 0.717) is 0 Å². The van der Waals surface area contributed by atoms with Crippen LogP contribution in [0.3, 0.4) is 0 Å². The van der Waals surface area contributed by atoms with Crippen LogP contribution < -0.4 is 5.32 Å². The van der Waals surface area contributed by atoms with Crippen molar-refractivity contribution >= 4 is 27.0 Å². The van der Waals surface area contributed by atoms with E-state index in [-0.39, 0.29) is 0 Å². The molecule has 1 heterocycles. The molecular weight excluding hydrogens is 278 g/mol. The van der Waals surface area contributed by atoms with Crippen molar-refractivity contribution in [2.45, 2.75) is 38.9 Å². The molecule has 17 heavy (non-hydrogen) atoms. The molecule has 0 unspecified atom stereocenters. The molecule has 4 heteroatoms. The minimum atomic E-state index is 0.729. The van der Waals surface area contributed by atoms with Crippen LogP contribution in [0, 0.1) is 0 Å². The summed E-state index contributed by atoms with van der Waals surface area (Å²) in [7, 11) is 0. The Balaban J connectivity index is 1.97. The fourth-order valence-electron chi connectivity index (χ4n) is 2.16. The Bertz CT molecular complexity index is 543. The molecule has 0 spiro atoms. The molecule has 0 bridgehead atoms. The smallest absolute Gasteiger partial charge is 0.123 e. The quantitative estimate of drug-likeness (QED) is 0.939. The molecule has 1 aromatic heterocycles. The molecule has 1 N–H and O–H groups in total. The number of nitrogens with zero attached hydrogens (tertiary/aromatic N) is 2. The lowest BCUT2D eigenvalue weighted by Crippen LogP contribution is -2.18. The lowest BCUT2D eigenvalue weighted by molar-refractivity contribution is 0.618. The van der Waals surface area contributed by atoms with Gasteiger partial charge in [-0.25, -0.2) is 4.98 Å². The number of benzene rings is 1. The van der Waals surface area contributed by atoms with Gasteiger partial charge in [0.25, 0.3) is 0 Å². The fourth-order valence-corrected chi connectivity index (χ4v) is 2.51. The standard InChI is InChI=1S/C13H16BrN3/c1-2-17-12-6-3-9(14)7-11(12)16-13(17)8-15-10-4-5-10/h3,6-7,10,15H,2,4-5,8H2,1H3. The van der Waals surface area contributed by atoms with Crippen LogP contribution in [0.25, 0.3) is 11.0 Å². The van der Waals surface area contributed by atoms with Gasteiger partial charge in [-0.3, -0.25) is 0 Å². The van der Waals surface area contributed by atoms with Crippen LogP contribution in [0.2, 0.25) is 0 Å². The number of fused-ring (bicyclic) bond motifs is 1. The molecule has 2 aromatic rings. The molecule has 90 valence electrons. The molecular formula is C13H16BrN3. The van der Waals surface area contributed by atoms with Crippen LogP contribution in [-0.4, -0.2) is 15.6 Å². The van der Waals surface area contributed by atoms with Gasteiger partial charge in [-0.2, -0.15) is 0 Å². The Morgan fingerprint density at radius 2 is 2.29 bits per heavy atom. The van der Waals surface area contributed by atoms with Crippen molar-refractivity contribution in [2.75, 3.05) is 0 Å². The molecule has 1 aliphatic rings. The summed E-state index contributed by atoms with van der Waals surface area (Å²) in [6.45, 7) is 4.02. The second-order valence-electron chi connectivity index (χ2n) is 4.56. The van der Waals surface area contributed by atoms with Crippen LogP contribution in [0.1, 0.15) is 25.6 Å². The van der Waals surface area contributed by atoms with Gasteiger partial charge in [-0.1, -0.05) is 15.9 Å². The Hall–Kier alpha value is -0.870. The summed E-state index contributed by atoms with van der Waals surface area (Å²) in [4.78, 5) is 4.71. The summed E-state index contributed by atoms with van der Waals surface area (Å²) in [6.07, 6.45) is 2.63. The maximum atomic E-state index is 4.71. The van der Waals surface area contributed by atoms with Crippen LogP contribution in [0.15, 0.2) is 22.7 Å². The molecule has 1 aromatic carbocycles. The molecule has 1 fully saturated rings. The van der Waals surface area contributed by atoms with Crippen LogP contribution in [0.5, 0.6) is 0 Å². The van der Waals surface area contributed by atoms with Gasteiger partial charge < -0.3 is 9.88 Å². The van der Waals surface area contributed by atoms with Crippen molar-refractivity contribution in [2.24, 2.45) is 0 Å². The number of aryl methyl sites for hydroxylation is 1. The highest BCUT2D eigenvalue weighted by atomic mass is 79.9. The summed E-state index contributed by atoms with van der Waals surface area (Å²) in [5, 5.41) is 3.53. The zero-order valence-electron chi connectivity index (χ0n) is 9.91. The summed E-state index contributed by atoms with van der Waals surface area (Å²) in [5.41, 5.74) is 2.30. The second-order valence-corrected chi connectivity index (χ2v) is 5.48. The first-order chi connectivity index (χ1) is 8.28. The van der Waals surface area contributed by atoms with Gasteiger partial charge in [-0.05, 0) is 38.0 Å². The van der Waals surface area contributed by atoms with Gasteiger partial charge in [0.15, 0.2) is 0 Å². The minimum absolute atomic E-state index is 0.729. The molecule has 1 aliphatic carbocycles. The lowest BCUT2D eigenvalue weighted by Gasteiger charge is -2.06. The Morgan fingerprint density at radius 3 is 3.00 bits per heavy atom. The van der Waals surface area contributed by atoms with Gasteiger partial charge in [0.05, 0.1) is 17.6 Å². The van der Waals surface area contributed by atoms with Crippen molar-refractivity contribution in [3.63, 3.8) is 0 Å². The number of nitrogens with one attached hydrogen (secondary N) is 1. The molecule has 3 rings (SSSR count). The molecule has 3 nitrogen and oxygen atoms in total. The number of rotatable bonds is 4. The average molecular weight is 294 g/mol. The van der Waals surface area contributed by atoms with Crippen molar-refractivity contribution in [1.82, 2.24) is 14.9 Å². The van der Waals surface area contributed by atoms with Crippen molar-refractivity contribution in [3.8, 4) is 0 Å². The Kier molecular flexibility index (Phi) is 2.92. The van der Waals surface area contributed by atoms with Gasteiger partial charge in [0.2, 0.25) is 0 Å². The Labute approximate surface area is 109 Å². The average Bonchev–Trinajstić information content (AvgIpc) is 3.07. The molecule has 0 radical (unpaired) electrons. The van der Waals surface area contributed by atoms with E-state index in [1.54, 1.807) is 0 Å². The first-order valence-corrected chi connectivity index (χ1v) is 6.95. The Morgan fingerprint density at radius 1 is 1.47 bits per heavy atom. The second kappa shape index (κ2) is 4.42. The van der Waals surface area contributed by atoms with Crippen molar-refractivity contribution in [1.29, 1.82) is 0 Å². The third-order valence-electron chi connectivity index (χ3n) is 3.23. The van der Waals surface area contributed by atoms with Crippen molar-refractivity contribution < 1.29 is 0 Å². The van der Waals surface area contributed by atoms with E-state index in [1.807, 2.05) is 0 Å². The topological polar surface area (TPSA) is 29.9 Å². The van der Waals surface area contributed by atoms with E-state index in [4.69, 9.17) is 4.98 Å². The maximum Gasteiger partial charge on any atom is 0.123 e. The highest BCUT2D eigenvalue weighted by Crippen LogP contribution is 2.22. The number of imidazole rings is 1. The number of aromatic nitrogens is 2. The summed E-state index contributed by atoms with van der Waals surface area (Å²) in [6, 6.07) is 7.03. The zero-order chi connectivity index (χ0) is 11.8.